The van der Waals surface area contributed by atoms with Crippen LogP contribution in [-0.2, 0) is 10.0 Å². The van der Waals surface area contributed by atoms with Gasteiger partial charge in [0.25, 0.3) is 10.0 Å². The molecule has 1 aromatic carbocycles. The second-order valence-corrected chi connectivity index (χ2v) is 6.14. The molecule has 5 nitrogen and oxygen atoms in total. The van der Waals surface area contributed by atoms with Gasteiger partial charge >= 0.3 is 0 Å². The van der Waals surface area contributed by atoms with E-state index in [1.165, 1.54) is 12.1 Å². The van der Waals surface area contributed by atoms with Crippen molar-refractivity contribution in [2.45, 2.75) is 24.2 Å². The normalized spacial score (nSPS) is 18.6. The van der Waals surface area contributed by atoms with Crippen molar-refractivity contribution in [3.05, 3.63) is 24.3 Å². The van der Waals surface area contributed by atoms with Crippen LogP contribution in [0.3, 0.4) is 0 Å². The molecule has 0 aliphatic carbocycles. The van der Waals surface area contributed by atoms with Crippen LogP contribution in [0.1, 0.15) is 19.3 Å². The zero-order valence-electron chi connectivity index (χ0n) is 11.2. The number of benzene rings is 1. The Morgan fingerprint density at radius 1 is 1.21 bits per heavy atom. The lowest BCUT2D eigenvalue weighted by Crippen LogP contribution is -2.32. The standard InChI is InChI=1S/C13H18N2O3S/c1-15-10-4-3-5-13(15)14-19(16,17)12-8-6-11(18-2)7-9-12/h6-9H,3-5,10H2,1-2H3/b14-13+. The third-order valence-corrected chi connectivity index (χ3v) is 4.49. The van der Waals surface area contributed by atoms with Crippen molar-refractivity contribution in [2.75, 3.05) is 20.7 Å². The highest BCUT2D eigenvalue weighted by Crippen LogP contribution is 2.19. The van der Waals surface area contributed by atoms with Gasteiger partial charge in [-0.05, 0) is 37.1 Å². The summed E-state index contributed by atoms with van der Waals surface area (Å²) in [5.74, 6) is 1.27. The Balaban J connectivity index is 2.28. The van der Waals surface area contributed by atoms with E-state index in [1.54, 1.807) is 19.2 Å². The molecular formula is C13H18N2O3S. The lowest BCUT2D eigenvalue weighted by atomic mass is 10.1. The molecule has 0 atom stereocenters. The molecular weight excluding hydrogens is 264 g/mol. The second kappa shape index (κ2) is 5.61. The maximum Gasteiger partial charge on any atom is 0.283 e. The summed E-state index contributed by atoms with van der Waals surface area (Å²) in [7, 11) is -0.208. The van der Waals surface area contributed by atoms with Gasteiger partial charge in [-0.2, -0.15) is 8.42 Å². The number of piperidine rings is 1. The monoisotopic (exact) mass is 282 g/mol. The van der Waals surface area contributed by atoms with E-state index in [1.807, 2.05) is 11.9 Å². The predicted octanol–water partition coefficient (Wildman–Crippen LogP) is 1.90. The highest BCUT2D eigenvalue weighted by atomic mass is 32.2. The molecule has 104 valence electrons. The van der Waals surface area contributed by atoms with Crippen LogP contribution in [0.5, 0.6) is 5.75 Å². The zero-order chi connectivity index (χ0) is 13.9. The average Bonchev–Trinajstić information content (AvgIpc) is 2.41. The number of hydrogen-bond acceptors (Lipinski definition) is 3. The minimum absolute atomic E-state index is 0.194. The van der Waals surface area contributed by atoms with Gasteiger partial charge in [0.05, 0.1) is 12.0 Å². The number of hydrogen-bond donors (Lipinski definition) is 0. The molecule has 0 amide bonds. The lowest BCUT2D eigenvalue weighted by Gasteiger charge is -2.25. The van der Waals surface area contributed by atoms with Gasteiger partial charge in [-0.15, -0.1) is 4.40 Å². The smallest absolute Gasteiger partial charge is 0.283 e. The molecule has 1 heterocycles. The van der Waals surface area contributed by atoms with Crippen LogP contribution in [-0.4, -0.2) is 39.9 Å². The zero-order valence-corrected chi connectivity index (χ0v) is 12.0. The van der Waals surface area contributed by atoms with Gasteiger partial charge < -0.3 is 9.64 Å². The Bertz CT molecular complexity index is 564. The fourth-order valence-electron chi connectivity index (χ4n) is 2.01. The average molecular weight is 282 g/mol. The molecule has 1 saturated heterocycles. The molecule has 0 N–H and O–H groups in total. The van der Waals surface area contributed by atoms with Crippen LogP contribution in [0.15, 0.2) is 33.6 Å². The van der Waals surface area contributed by atoms with Crippen molar-refractivity contribution in [1.82, 2.24) is 4.90 Å². The fourth-order valence-corrected chi connectivity index (χ4v) is 3.10. The topological polar surface area (TPSA) is 59.0 Å². The van der Waals surface area contributed by atoms with Crippen molar-refractivity contribution in [1.29, 1.82) is 0 Å². The Morgan fingerprint density at radius 2 is 1.89 bits per heavy atom. The largest absolute Gasteiger partial charge is 0.497 e. The molecule has 0 radical (unpaired) electrons. The van der Waals surface area contributed by atoms with Crippen molar-refractivity contribution in [3.63, 3.8) is 0 Å². The van der Waals surface area contributed by atoms with Gasteiger partial charge in [-0.1, -0.05) is 0 Å². The summed E-state index contributed by atoms with van der Waals surface area (Å²) in [4.78, 5) is 2.10. The summed E-state index contributed by atoms with van der Waals surface area (Å²) in [6, 6.07) is 6.28. The van der Waals surface area contributed by atoms with Crippen molar-refractivity contribution < 1.29 is 13.2 Å². The molecule has 0 saturated carbocycles. The third kappa shape index (κ3) is 3.26. The molecule has 6 heteroatoms. The van der Waals surface area contributed by atoms with E-state index >= 15 is 0 Å². The van der Waals surface area contributed by atoms with E-state index in [0.717, 1.165) is 19.4 Å². The Labute approximate surface area is 114 Å². The molecule has 0 spiro atoms. The van der Waals surface area contributed by atoms with Crippen LogP contribution in [0, 0.1) is 0 Å². The third-order valence-electron chi connectivity index (χ3n) is 3.17. The molecule has 1 aliphatic rings. The van der Waals surface area contributed by atoms with E-state index < -0.39 is 10.0 Å². The first-order chi connectivity index (χ1) is 9.03. The van der Waals surface area contributed by atoms with Crippen molar-refractivity contribution >= 4 is 15.9 Å². The van der Waals surface area contributed by atoms with Gasteiger partial charge in [0.15, 0.2) is 0 Å². The van der Waals surface area contributed by atoms with Crippen molar-refractivity contribution in [2.24, 2.45) is 4.40 Å². The van der Waals surface area contributed by atoms with Gasteiger partial charge in [0.1, 0.15) is 11.6 Å². The Hall–Kier alpha value is -1.56. The first-order valence-corrected chi connectivity index (χ1v) is 7.66. The minimum atomic E-state index is -3.63. The Morgan fingerprint density at radius 3 is 2.47 bits per heavy atom. The molecule has 19 heavy (non-hydrogen) atoms. The molecule has 1 aliphatic heterocycles. The molecule has 0 aromatic heterocycles. The van der Waals surface area contributed by atoms with E-state index in [0.29, 0.717) is 18.0 Å². The van der Waals surface area contributed by atoms with Crippen LogP contribution in [0.4, 0.5) is 0 Å². The van der Waals surface area contributed by atoms with Gasteiger partial charge in [-0.3, -0.25) is 0 Å². The van der Waals surface area contributed by atoms with Crippen LogP contribution in [0.25, 0.3) is 0 Å². The highest BCUT2D eigenvalue weighted by Gasteiger charge is 2.18. The molecule has 0 unspecified atom stereocenters. The number of nitrogens with zero attached hydrogens (tertiary/aromatic N) is 2. The number of rotatable bonds is 3. The van der Waals surface area contributed by atoms with Gasteiger partial charge in [-0.25, -0.2) is 0 Å². The maximum absolute atomic E-state index is 12.2. The number of methoxy groups -OCH3 is 1. The molecule has 2 rings (SSSR count). The summed E-state index contributed by atoms with van der Waals surface area (Å²) in [5, 5.41) is 0. The number of likely N-dealkylation sites (tertiary alicyclic amines) is 1. The molecule has 1 aromatic rings. The first-order valence-electron chi connectivity index (χ1n) is 6.22. The van der Waals surface area contributed by atoms with E-state index in [-0.39, 0.29) is 4.90 Å². The van der Waals surface area contributed by atoms with Crippen LogP contribution in [0.2, 0.25) is 0 Å². The lowest BCUT2D eigenvalue weighted by molar-refractivity contribution is 0.414. The van der Waals surface area contributed by atoms with Crippen LogP contribution < -0.4 is 4.74 Å². The maximum atomic E-state index is 12.2. The summed E-state index contributed by atoms with van der Waals surface area (Å²) in [6.07, 6.45) is 2.78. The number of sulfonamides is 1. The van der Waals surface area contributed by atoms with Crippen LogP contribution >= 0.6 is 0 Å². The summed E-state index contributed by atoms with van der Waals surface area (Å²) in [6.45, 7) is 0.858. The minimum Gasteiger partial charge on any atom is -0.497 e. The number of amidine groups is 1. The fraction of sp³-hybridized carbons (Fsp3) is 0.462. The van der Waals surface area contributed by atoms with E-state index in [4.69, 9.17) is 4.74 Å². The first kappa shape index (κ1) is 13.9. The van der Waals surface area contributed by atoms with E-state index in [9.17, 15) is 8.42 Å². The summed E-state index contributed by atoms with van der Waals surface area (Å²) >= 11 is 0. The predicted molar refractivity (Wildman–Crippen MR) is 74.1 cm³/mol. The molecule has 0 bridgehead atoms. The van der Waals surface area contributed by atoms with Crippen molar-refractivity contribution in [3.8, 4) is 5.75 Å². The molecule has 1 fully saturated rings. The highest BCUT2D eigenvalue weighted by molar-refractivity contribution is 7.90. The summed E-state index contributed by atoms with van der Waals surface area (Å²) in [5.41, 5.74) is 0. The van der Waals surface area contributed by atoms with Gasteiger partial charge in [0.2, 0.25) is 0 Å². The SMILES string of the molecule is COc1ccc(S(=O)(=O)/N=C2\CCCCN2C)cc1. The Kier molecular flexibility index (Phi) is 4.09. The number of ether oxygens (including phenoxy) is 1. The quantitative estimate of drug-likeness (QED) is 0.849. The second-order valence-electron chi connectivity index (χ2n) is 4.54. The van der Waals surface area contributed by atoms with Gasteiger partial charge in [0, 0.05) is 20.0 Å². The summed E-state index contributed by atoms with van der Waals surface area (Å²) < 4.78 is 33.3. The van der Waals surface area contributed by atoms with E-state index in [2.05, 4.69) is 4.40 Å².